The molecule has 1 aromatic heterocycles. The molecule has 0 spiro atoms. The normalized spacial score (nSPS) is 22.5. The molecule has 3 heterocycles. The number of likely N-dealkylation sites (tertiary alicyclic amines) is 1. The highest BCUT2D eigenvalue weighted by Gasteiger charge is 2.44. The Hall–Kier alpha value is -2.89. The summed E-state index contributed by atoms with van der Waals surface area (Å²) in [6.45, 7) is 0.383. The Morgan fingerprint density at radius 2 is 2.00 bits per heavy atom. The Balaban J connectivity index is 1.69. The molecule has 2 aromatic rings. The molecule has 1 fully saturated rings. The number of anilines is 1. The fourth-order valence-corrected chi connectivity index (χ4v) is 3.33. The molecule has 1 aromatic carbocycles. The van der Waals surface area contributed by atoms with E-state index < -0.39 is 6.04 Å². The van der Waals surface area contributed by atoms with Crippen LogP contribution in [0.5, 0.6) is 5.75 Å². The van der Waals surface area contributed by atoms with Crippen LogP contribution in [0.15, 0.2) is 48.7 Å². The largest absolute Gasteiger partial charge is 0.486 e. The minimum Gasteiger partial charge on any atom is -0.486 e. The maximum Gasteiger partial charge on any atom is 0.273 e. The molecule has 4 rings (SSSR count). The van der Waals surface area contributed by atoms with E-state index in [2.05, 4.69) is 4.98 Å². The maximum atomic E-state index is 12.9. The van der Waals surface area contributed by atoms with Gasteiger partial charge in [-0.2, -0.15) is 0 Å². The molecule has 1 saturated heterocycles. The summed E-state index contributed by atoms with van der Waals surface area (Å²) in [5.41, 5.74) is 1.07. The van der Waals surface area contributed by atoms with Crippen molar-refractivity contribution in [2.24, 2.45) is 0 Å². The predicted octanol–water partition coefficient (Wildman–Crippen LogP) is 1.72. The molecule has 0 saturated carbocycles. The van der Waals surface area contributed by atoms with Crippen LogP contribution in [-0.2, 0) is 4.79 Å². The van der Waals surface area contributed by atoms with Crippen LogP contribution < -0.4 is 9.64 Å². The highest BCUT2D eigenvalue weighted by atomic mass is 16.5. The SMILES string of the molecule is CN1C(=O)[C@@H]2C[C@@H](CN2C(=O)c2ccccn2)Oc2ccccc21. The van der Waals surface area contributed by atoms with Crippen LogP contribution in [0.4, 0.5) is 5.69 Å². The third-order valence-electron chi connectivity index (χ3n) is 4.54. The number of aromatic nitrogens is 1. The number of pyridine rings is 1. The second-order valence-corrected chi connectivity index (χ2v) is 6.03. The standard InChI is InChI=1S/C18H17N3O3/c1-20-14-7-2-3-8-16(14)24-12-10-15(18(20)23)21(11-12)17(22)13-6-4-5-9-19-13/h2-9,12,15H,10-11H2,1H3/t12-,15-/m0/s1. The number of hydrogen-bond donors (Lipinski definition) is 0. The number of carbonyl (C=O) groups excluding carboxylic acids is 2. The van der Waals surface area contributed by atoms with Crippen LogP contribution in [0.3, 0.4) is 0 Å². The first-order chi connectivity index (χ1) is 11.6. The van der Waals surface area contributed by atoms with Gasteiger partial charge >= 0.3 is 0 Å². The number of amides is 2. The quantitative estimate of drug-likeness (QED) is 0.802. The van der Waals surface area contributed by atoms with E-state index in [1.54, 1.807) is 41.2 Å². The van der Waals surface area contributed by atoms with Crippen LogP contribution in [-0.4, -0.2) is 47.4 Å². The number of rotatable bonds is 1. The van der Waals surface area contributed by atoms with Crippen LogP contribution in [0.1, 0.15) is 16.9 Å². The zero-order valence-corrected chi connectivity index (χ0v) is 13.3. The lowest BCUT2D eigenvalue weighted by Crippen LogP contribution is -2.46. The fourth-order valence-electron chi connectivity index (χ4n) is 3.33. The topological polar surface area (TPSA) is 62.7 Å². The molecule has 0 unspecified atom stereocenters. The number of carbonyl (C=O) groups is 2. The molecule has 24 heavy (non-hydrogen) atoms. The van der Waals surface area contributed by atoms with Crippen molar-refractivity contribution in [2.75, 3.05) is 18.5 Å². The number of para-hydroxylation sites is 2. The lowest BCUT2D eigenvalue weighted by atomic mass is 10.1. The van der Waals surface area contributed by atoms with Crippen molar-refractivity contribution in [3.63, 3.8) is 0 Å². The molecule has 2 atom stereocenters. The number of nitrogens with zero attached hydrogens (tertiary/aromatic N) is 3. The Kier molecular flexibility index (Phi) is 3.45. The van der Waals surface area contributed by atoms with Crippen molar-refractivity contribution >= 4 is 17.5 Å². The summed E-state index contributed by atoms with van der Waals surface area (Å²) < 4.78 is 6.05. The van der Waals surface area contributed by atoms with E-state index in [-0.39, 0.29) is 17.9 Å². The minimum atomic E-state index is -0.525. The Morgan fingerprint density at radius 1 is 1.21 bits per heavy atom. The van der Waals surface area contributed by atoms with Crippen molar-refractivity contribution in [1.82, 2.24) is 9.88 Å². The van der Waals surface area contributed by atoms with Crippen LogP contribution in [0.2, 0.25) is 0 Å². The number of fused-ring (bicyclic) bond motifs is 3. The van der Waals surface area contributed by atoms with Crippen LogP contribution in [0, 0.1) is 0 Å². The molecule has 2 aliphatic heterocycles. The molecule has 2 bridgehead atoms. The van der Waals surface area contributed by atoms with Gasteiger partial charge in [0.05, 0.1) is 12.2 Å². The highest BCUT2D eigenvalue weighted by Crippen LogP contribution is 2.35. The summed E-state index contributed by atoms with van der Waals surface area (Å²) in [7, 11) is 1.71. The molecular weight excluding hydrogens is 306 g/mol. The van der Waals surface area contributed by atoms with Crippen molar-refractivity contribution in [3.8, 4) is 5.75 Å². The Bertz CT molecular complexity index is 793. The maximum absolute atomic E-state index is 12.9. The minimum absolute atomic E-state index is 0.0995. The zero-order chi connectivity index (χ0) is 16.7. The van der Waals surface area contributed by atoms with E-state index in [1.165, 1.54) is 0 Å². The van der Waals surface area contributed by atoms with Gasteiger partial charge in [0.1, 0.15) is 23.6 Å². The van der Waals surface area contributed by atoms with E-state index in [4.69, 9.17) is 4.74 Å². The van der Waals surface area contributed by atoms with E-state index in [1.807, 2.05) is 24.3 Å². The van der Waals surface area contributed by atoms with Gasteiger partial charge in [0.25, 0.3) is 5.91 Å². The molecular formula is C18H17N3O3. The van der Waals surface area contributed by atoms with Gasteiger partial charge in [0, 0.05) is 19.7 Å². The first-order valence-corrected chi connectivity index (χ1v) is 7.90. The highest BCUT2D eigenvalue weighted by molar-refractivity contribution is 6.02. The molecule has 0 radical (unpaired) electrons. The summed E-state index contributed by atoms with van der Waals surface area (Å²) in [4.78, 5) is 33.0. The number of ether oxygens (including phenoxy) is 1. The summed E-state index contributed by atoms with van der Waals surface area (Å²) in [5, 5.41) is 0. The van der Waals surface area contributed by atoms with Crippen molar-refractivity contribution < 1.29 is 14.3 Å². The van der Waals surface area contributed by atoms with E-state index in [0.717, 1.165) is 5.69 Å². The second kappa shape index (κ2) is 5.63. The molecule has 122 valence electrons. The van der Waals surface area contributed by atoms with E-state index >= 15 is 0 Å². The summed E-state index contributed by atoms with van der Waals surface area (Å²) in [6, 6.07) is 12.1. The lowest BCUT2D eigenvalue weighted by molar-refractivity contribution is -0.122. The van der Waals surface area contributed by atoms with Gasteiger partial charge in [-0.25, -0.2) is 0 Å². The van der Waals surface area contributed by atoms with Crippen molar-refractivity contribution in [2.45, 2.75) is 18.6 Å². The first-order valence-electron chi connectivity index (χ1n) is 7.90. The number of hydrogen-bond acceptors (Lipinski definition) is 4. The Labute approximate surface area is 139 Å². The van der Waals surface area contributed by atoms with E-state index in [9.17, 15) is 9.59 Å². The Morgan fingerprint density at radius 3 is 2.79 bits per heavy atom. The third kappa shape index (κ3) is 2.31. The van der Waals surface area contributed by atoms with Crippen LogP contribution in [0.25, 0.3) is 0 Å². The van der Waals surface area contributed by atoms with Gasteiger partial charge < -0.3 is 14.5 Å². The first kappa shape index (κ1) is 14.7. The molecule has 2 amide bonds. The van der Waals surface area contributed by atoms with Crippen molar-refractivity contribution in [3.05, 3.63) is 54.4 Å². The lowest BCUT2D eigenvalue weighted by Gasteiger charge is -2.28. The second-order valence-electron chi connectivity index (χ2n) is 6.03. The van der Waals surface area contributed by atoms with Gasteiger partial charge in [0.2, 0.25) is 5.91 Å². The molecule has 6 nitrogen and oxygen atoms in total. The number of benzene rings is 1. The fraction of sp³-hybridized carbons (Fsp3) is 0.278. The van der Waals surface area contributed by atoms with Gasteiger partial charge in [-0.1, -0.05) is 18.2 Å². The van der Waals surface area contributed by atoms with Crippen LogP contribution >= 0.6 is 0 Å². The van der Waals surface area contributed by atoms with E-state index in [0.29, 0.717) is 24.4 Å². The zero-order valence-electron chi connectivity index (χ0n) is 13.3. The predicted molar refractivity (Wildman–Crippen MR) is 87.9 cm³/mol. The third-order valence-corrected chi connectivity index (χ3v) is 4.54. The molecule has 0 aliphatic carbocycles. The molecule has 6 heteroatoms. The average molecular weight is 323 g/mol. The van der Waals surface area contributed by atoms with Gasteiger partial charge in [-0.05, 0) is 24.3 Å². The molecule has 2 aliphatic rings. The summed E-state index contributed by atoms with van der Waals surface area (Å²) in [6.07, 6.45) is 1.88. The van der Waals surface area contributed by atoms with Gasteiger partial charge in [-0.15, -0.1) is 0 Å². The monoisotopic (exact) mass is 323 g/mol. The van der Waals surface area contributed by atoms with Gasteiger partial charge in [0.15, 0.2) is 0 Å². The number of likely N-dealkylation sites (N-methyl/N-ethyl adjacent to an activating group) is 1. The summed E-state index contributed by atoms with van der Waals surface area (Å²) in [5.74, 6) is 0.334. The molecule has 0 N–H and O–H groups in total. The van der Waals surface area contributed by atoms with Gasteiger partial charge in [-0.3, -0.25) is 14.6 Å². The summed E-state index contributed by atoms with van der Waals surface area (Å²) >= 11 is 0. The van der Waals surface area contributed by atoms with Crippen molar-refractivity contribution in [1.29, 1.82) is 0 Å². The average Bonchev–Trinajstić information content (AvgIpc) is 3.05. The smallest absolute Gasteiger partial charge is 0.273 e.